The lowest BCUT2D eigenvalue weighted by Gasteiger charge is -2.21. The van der Waals surface area contributed by atoms with Crippen molar-refractivity contribution < 1.29 is 4.79 Å². The summed E-state index contributed by atoms with van der Waals surface area (Å²) >= 11 is 9.28. The molecule has 0 aliphatic heterocycles. The number of benzene rings is 2. The second kappa shape index (κ2) is 11.0. The van der Waals surface area contributed by atoms with Crippen LogP contribution in [0.4, 0.5) is 5.13 Å². The zero-order valence-corrected chi connectivity index (χ0v) is 19.2. The van der Waals surface area contributed by atoms with Crippen LogP contribution in [0, 0.1) is 0 Å². The van der Waals surface area contributed by atoms with Gasteiger partial charge in [0.15, 0.2) is 5.13 Å². The van der Waals surface area contributed by atoms with Gasteiger partial charge in [-0.1, -0.05) is 35.1 Å². The topological polar surface area (TPSA) is 36.4 Å². The van der Waals surface area contributed by atoms with Crippen molar-refractivity contribution in [3.05, 3.63) is 53.6 Å². The molecule has 0 aliphatic rings. The predicted molar refractivity (Wildman–Crippen MR) is 127 cm³/mol. The van der Waals surface area contributed by atoms with Gasteiger partial charge >= 0.3 is 0 Å². The maximum Gasteiger partial charge on any atom is 0.228 e. The van der Waals surface area contributed by atoms with E-state index < -0.39 is 0 Å². The number of nitrogens with zero attached hydrogens (tertiary/aromatic N) is 3. The van der Waals surface area contributed by atoms with Gasteiger partial charge in [-0.3, -0.25) is 9.69 Å². The third-order valence-corrected chi connectivity index (χ3v) is 6.83. The highest BCUT2D eigenvalue weighted by molar-refractivity contribution is 7.99. The molecule has 3 aromatic rings. The summed E-state index contributed by atoms with van der Waals surface area (Å²) in [5.41, 5.74) is 0.955. The number of carbonyl (C=O) groups is 1. The number of thioether (sulfide) groups is 1. The molecule has 0 fully saturated rings. The number of thiazole rings is 1. The minimum Gasteiger partial charge on any atom is -0.309 e. The van der Waals surface area contributed by atoms with E-state index in [2.05, 4.69) is 25.1 Å². The summed E-state index contributed by atoms with van der Waals surface area (Å²) < 4.78 is 1.12. The van der Waals surface area contributed by atoms with E-state index in [4.69, 9.17) is 16.6 Å². The van der Waals surface area contributed by atoms with Gasteiger partial charge in [-0.25, -0.2) is 4.98 Å². The Kier molecular flexibility index (Phi) is 8.36. The molecule has 0 saturated carbocycles. The molecule has 0 spiro atoms. The van der Waals surface area contributed by atoms with Gasteiger partial charge in [0.25, 0.3) is 0 Å². The van der Waals surface area contributed by atoms with E-state index in [0.29, 0.717) is 13.0 Å². The molecule has 0 N–H and O–H groups in total. The third-order valence-electron chi connectivity index (χ3n) is 4.42. The van der Waals surface area contributed by atoms with Crippen LogP contribution in [0.1, 0.15) is 19.3 Å². The first kappa shape index (κ1) is 22.1. The maximum atomic E-state index is 13.0. The monoisotopic (exact) mass is 447 g/mol. The van der Waals surface area contributed by atoms with Gasteiger partial charge in [-0.2, -0.15) is 0 Å². The number of hydrogen-bond donors (Lipinski definition) is 0. The van der Waals surface area contributed by atoms with Crippen molar-refractivity contribution in [3.8, 4) is 0 Å². The van der Waals surface area contributed by atoms with Crippen molar-refractivity contribution in [3.63, 3.8) is 0 Å². The van der Waals surface area contributed by atoms with E-state index in [-0.39, 0.29) is 5.91 Å². The van der Waals surface area contributed by atoms with E-state index in [1.165, 1.54) is 4.90 Å². The largest absolute Gasteiger partial charge is 0.309 e. The fourth-order valence-electron chi connectivity index (χ4n) is 2.93. The molecule has 1 heterocycles. The van der Waals surface area contributed by atoms with Gasteiger partial charge in [0.1, 0.15) is 0 Å². The van der Waals surface area contributed by atoms with Crippen LogP contribution in [0.15, 0.2) is 53.4 Å². The van der Waals surface area contributed by atoms with Gasteiger partial charge in [0, 0.05) is 22.9 Å². The SMILES string of the molecule is CN(C)CCCN(C(=O)CCCSc1ccc(Cl)cc1)c1nc2ccccc2s1. The van der Waals surface area contributed by atoms with Crippen LogP contribution >= 0.6 is 34.7 Å². The number of rotatable bonds is 10. The van der Waals surface area contributed by atoms with Gasteiger partial charge < -0.3 is 4.90 Å². The average Bonchev–Trinajstić information content (AvgIpc) is 3.13. The Morgan fingerprint density at radius 3 is 2.55 bits per heavy atom. The van der Waals surface area contributed by atoms with Crippen LogP contribution < -0.4 is 4.90 Å². The second-order valence-corrected chi connectivity index (χ2v) is 9.69. The highest BCUT2D eigenvalue weighted by atomic mass is 35.5. The maximum absolute atomic E-state index is 13.0. The molecule has 0 aliphatic carbocycles. The quantitative estimate of drug-likeness (QED) is 0.290. The number of carbonyl (C=O) groups excluding carboxylic acids is 1. The Bertz CT molecular complexity index is 894. The molecule has 154 valence electrons. The zero-order valence-electron chi connectivity index (χ0n) is 16.8. The fraction of sp³-hybridized carbons (Fsp3) is 0.364. The molecule has 7 heteroatoms. The Balaban J connectivity index is 1.59. The second-order valence-electron chi connectivity index (χ2n) is 7.07. The molecule has 0 bridgehead atoms. The number of fused-ring (bicyclic) bond motifs is 1. The Hall–Kier alpha value is -1.60. The molecular formula is C22H26ClN3OS2. The van der Waals surface area contributed by atoms with Crippen molar-refractivity contribution in [1.82, 2.24) is 9.88 Å². The van der Waals surface area contributed by atoms with Crippen LogP contribution in [0.25, 0.3) is 10.2 Å². The van der Waals surface area contributed by atoms with Crippen molar-refractivity contribution >= 4 is 56.0 Å². The Morgan fingerprint density at radius 2 is 1.83 bits per heavy atom. The summed E-state index contributed by atoms with van der Waals surface area (Å²) in [6.07, 6.45) is 2.29. The van der Waals surface area contributed by atoms with E-state index in [0.717, 1.165) is 45.5 Å². The predicted octanol–water partition coefficient (Wildman–Crippen LogP) is 5.81. The molecule has 0 unspecified atom stereocenters. The van der Waals surface area contributed by atoms with Gasteiger partial charge in [-0.15, -0.1) is 11.8 Å². The number of aromatic nitrogens is 1. The summed E-state index contributed by atoms with van der Waals surface area (Å²) in [7, 11) is 4.11. The highest BCUT2D eigenvalue weighted by Gasteiger charge is 2.19. The third kappa shape index (κ3) is 6.71. The normalized spacial score (nSPS) is 11.3. The minimum atomic E-state index is 0.152. The number of amides is 1. The average molecular weight is 448 g/mol. The minimum absolute atomic E-state index is 0.152. The first-order valence-corrected chi connectivity index (χ1v) is 11.9. The van der Waals surface area contributed by atoms with Gasteiger partial charge in [-0.05, 0) is 75.6 Å². The summed E-state index contributed by atoms with van der Waals surface area (Å²) in [6.45, 7) is 1.64. The lowest BCUT2D eigenvalue weighted by molar-refractivity contribution is -0.118. The number of para-hydroxylation sites is 1. The molecule has 2 aromatic carbocycles. The van der Waals surface area contributed by atoms with Gasteiger partial charge in [0.2, 0.25) is 5.91 Å². The molecule has 0 radical (unpaired) electrons. The molecule has 3 rings (SSSR count). The molecular weight excluding hydrogens is 422 g/mol. The number of hydrogen-bond acceptors (Lipinski definition) is 5. The molecule has 1 aromatic heterocycles. The van der Waals surface area contributed by atoms with Crippen LogP contribution in [0.2, 0.25) is 5.02 Å². The molecule has 0 atom stereocenters. The van der Waals surface area contributed by atoms with Crippen molar-refractivity contribution in [2.45, 2.75) is 24.2 Å². The number of anilines is 1. The van der Waals surface area contributed by atoms with E-state index in [1.807, 2.05) is 47.4 Å². The first-order chi connectivity index (χ1) is 14.0. The number of halogens is 1. The standard InChI is InChI=1S/C22H26ClN3OS2/c1-25(2)14-6-15-26(22-24-19-7-3-4-8-20(19)29-22)21(27)9-5-16-28-18-12-10-17(23)11-13-18/h3-4,7-8,10-13H,5-6,9,14-16H2,1-2H3. The van der Waals surface area contributed by atoms with Crippen molar-refractivity contribution in [2.75, 3.05) is 37.8 Å². The van der Waals surface area contributed by atoms with Crippen molar-refractivity contribution in [2.24, 2.45) is 0 Å². The van der Waals surface area contributed by atoms with E-state index in [9.17, 15) is 4.79 Å². The molecule has 1 amide bonds. The summed E-state index contributed by atoms with van der Waals surface area (Å²) in [6, 6.07) is 15.9. The van der Waals surface area contributed by atoms with E-state index >= 15 is 0 Å². The Labute approximate surface area is 185 Å². The fourth-order valence-corrected chi connectivity index (χ4v) is 4.91. The van der Waals surface area contributed by atoms with Crippen LogP contribution in [0.5, 0.6) is 0 Å². The van der Waals surface area contributed by atoms with E-state index in [1.54, 1.807) is 23.1 Å². The van der Waals surface area contributed by atoms with Crippen LogP contribution in [0.3, 0.4) is 0 Å². The smallest absolute Gasteiger partial charge is 0.228 e. The van der Waals surface area contributed by atoms with Crippen LogP contribution in [-0.2, 0) is 4.79 Å². The summed E-state index contributed by atoms with van der Waals surface area (Å²) in [5.74, 6) is 1.05. The lowest BCUT2D eigenvalue weighted by Crippen LogP contribution is -2.33. The van der Waals surface area contributed by atoms with Gasteiger partial charge in [0.05, 0.1) is 10.2 Å². The zero-order chi connectivity index (χ0) is 20.6. The molecule has 29 heavy (non-hydrogen) atoms. The summed E-state index contributed by atoms with van der Waals surface area (Å²) in [5, 5.41) is 1.55. The van der Waals surface area contributed by atoms with Crippen LogP contribution in [-0.4, -0.2) is 48.7 Å². The highest BCUT2D eigenvalue weighted by Crippen LogP contribution is 2.29. The first-order valence-electron chi connectivity index (χ1n) is 9.72. The molecule has 4 nitrogen and oxygen atoms in total. The summed E-state index contributed by atoms with van der Waals surface area (Å²) in [4.78, 5) is 22.9. The Morgan fingerprint density at radius 1 is 1.07 bits per heavy atom. The lowest BCUT2D eigenvalue weighted by atomic mass is 10.3. The molecule has 0 saturated heterocycles. The van der Waals surface area contributed by atoms with Crippen molar-refractivity contribution in [1.29, 1.82) is 0 Å².